The summed E-state index contributed by atoms with van der Waals surface area (Å²) in [5.74, 6) is 0. The summed E-state index contributed by atoms with van der Waals surface area (Å²) in [6.45, 7) is 2.50. The number of nitro groups is 1. The molecule has 0 radical (unpaired) electrons. The van der Waals surface area contributed by atoms with Gasteiger partial charge in [0.1, 0.15) is 5.70 Å². The van der Waals surface area contributed by atoms with E-state index in [1.165, 1.54) is 0 Å². The first kappa shape index (κ1) is 13.0. The number of morpholine rings is 1. The fourth-order valence-electron chi connectivity index (χ4n) is 1.90. The van der Waals surface area contributed by atoms with Crippen molar-refractivity contribution in [3.8, 4) is 0 Å². The van der Waals surface area contributed by atoms with Crippen LogP contribution >= 0.6 is 15.9 Å². The maximum absolute atomic E-state index is 11.0. The lowest BCUT2D eigenvalue weighted by molar-refractivity contribution is -0.408. The smallest absolute Gasteiger partial charge is 0.334 e. The second-order valence-corrected chi connectivity index (χ2v) is 4.61. The molecule has 0 spiro atoms. The lowest BCUT2D eigenvalue weighted by Gasteiger charge is -2.30. The summed E-state index contributed by atoms with van der Waals surface area (Å²) in [5.41, 5.74) is 1.45. The molecule has 1 aliphatic rings. The highest BCUT2D eigenvalue weighted by Gasteiger charge is 2.24. The van der Waals surface area contributed by atoms with Gasteiger partial charge in [-0.2, -0.15) is 0 Å². The molecule has 0 aliphatic carbocycles. The zero-order chi connectivity index (χ0) is 13.0. The van der Waals surface area contributed by atoms with Crippen LogP contribution in [-0.4, -0.2) is 36.1 Å². The van der Waals surface area contributed by atoms with Crippen LogP contribution in [0.4, 0.5) is 0 Å². The van der Waals surface area contributed by atoms with Crippen LogP contribution in [0.5, 0.6) is 0 Å². The minimum Gasteiger partial charge on any atom is -0.378 e. The Morgan fingerprint density at radius 2 is 1.89 bits per heavy atom. The van der Waals surface area contributed by atoms with Crippen LogP contribution in [0.1, 0.15) is 5.56 Å². The van der Waals surface area contributed by atoms with Gasteiger partial charge in [-0.1, -0.05) is 30.3 Å². The first-order valence-corrected chi connectivity index (χ1v) is 6.41. The number of benzene rings is 1. The molecule has 0 unspecified atom stereocenters. The van der Waals surface area contributed by atoms with Crippen molar-refractivity contribution >= 4 is 21.6 Å². The Bertz CT molecular complexity index is 456. The van der Waals surface area contributed by atoms with Crippen LogP contribution in [0.2, 0.25) is 0 Å². The highest BCUT2D eigenvalue weighted by Crippen LogP contribution is 2.27. The number of nitrogens with zero attached hydrogens (tertiary/aromatic N) is 2. The standard InChI is InChI=1S/C12H13BrN2O3/c13-12(15(16)17)11(10-4-2-1-3-5-10)14-6-8-18-9-7-14/h1-5H,6-9H2/b12-11+. The van der Waals surface area contributed by atoms with E-state index >= 15 is 0 Å². The molecular weight excluding hydrogens is 300 g/mol. The molecule has 1 aliphatic heterocycles. The molecule has 0 saturated carbocycles. The zero-order valence-electron chi connectivity index (χ0n) is 9.71. The molecule has 1 heterocycles. The number of halogens is 1. The Labute approximate surface area is 113 Å². The van der Waals surface area contributed by atoms with Crippen LogP contribution in [0.15, 0.2) is 34.9 Å². The summed E-state index contributed by atoms with van der Waals surface area (Å²) in [5, 5.41) is 11.0. The van der Waals surface area contributed by atoms with E-state index in [1.807, 2.05) is 35.2 Å². The average molecular weight is 313 g/mol. The first-order valence-electron chi connectivity index (χ1n) is 5.62. The highest BCUT2D eigenvalue weighted by molar-refractivity contribution is 9.11. The molecule has 6 heteroatoms. The molecule has 0 atom stereocenters. The van der Waals surface area contributed by atoms with Gasteiger partial charge < -0.3 is 9.64 Å². The maximum Gasteiger partial charge on any atom is 0.334 e. The van der Waals surface area contributed by atoms with E-state index in [9.17, 15) is 10.1 Å². The molecule has 1 saturated heterocycles. The quantitative estimate of drug-likeness (QED) is 0.488. The van der Waals surface area contributed by atoms with Gasteiger partial charge in [-0.3, -0.25) is 10.1 Å². The van der Waals surface area contributed by atoms with Crippen LogP contribution < -0.4 is 0 Å². The molecule has 0 bridgehead atoms. The topological polar surface area (TPSA) is 55.6 Å². The monoisotopic (exact) mass is 312 g/mol. The molecule has 96 valence electrons. The van der Waals surface area contributed by atoms with E-state index in [-0.39, 0.29) is 4.61 Å². The first-order chi connectivity index (χ1) is 8.70. The van der Waals surface area contributed by atoms with E-state index in [1.54, 1.807) is 0 Å². The number of hydrogen-bond donors (Lipinski definition) is 0. The van der Waals surface area contributed by atoms with Crippen LogP contribution in [0, 0.1) is 10.1 Å². The molecule has 1 aromatic carbocycles. The SMILES string of the molecule is O=[N+]([O-])/C(Br)=C(\c1ccccc1)N1CCOCC1. The van der Waals surface area contributed by atoms with Gasteiger partial charge in [-0.05, 0) is 0 Å². The fraction of sp³-hybridized carbons (Fsp3) is 0.333. The molecular formula is C12H13BrN2O3. The van der Waals surface area contributed by atoms with Gasteiger partial charge in [0.25, 0.3) is 0 Å². The molecule has 0 amide bonds. The van der Waals surface area contributed by atoms with E-state index < -0.39 is 4.92 Å². The minimum atomic E-state index is -0.405. The van der Waals surface area contributed by atoms with Gasteiger partial charge in [-0.25, -0.2) is 0 Å². The second-order valence-electron chi connectivity index (χ2n) is 3.86. The van der Waals surface area contributed by atoms with E-state index in [0.29, 0.717) is 32.0 Å². The summed E-state index contributed by atoms with van der Waals surface area (Å²) in [7, 11) is 0. The Morgan fingerprint density at radius 3 is 2.44 bits per heavy atom. The molecule has 1 aromatic rings. The van der Waals surface area contributed by atoms with Gasteiger partial charge in [0, 0.05) is 34.6 Å². The van der Waals surface area contributed by atoms with Crippen molar-refractivity contribution in [3.05, 3.63) is 50.6 Å². The third-order valence-electron chi connectivity index (χ3n) is 2.73. The van der Waals surface area contributed by atoms with Crippen molar-refractivity contribution in [1.82, 2.24) is 4.90 Å². The normalized spacial score (nSPS) is 17.3. The van der Waals surface area contributed by atoms with Crippen molar-refractivity contribution in [3.63, 3.8) is 0 Å². The summed E-state index contributed by atoms with van der Waals surface area (Å²) >= 11 is 3.08. The summed E-state index contributed by atoms with van der Waals surface area (Å²) in [6.07, 6.45) is 0. The Morgan fingerprint density at radius 1 is 1.28 bits per heavy atom. The van der Waals surface area contributed by atoms with Gasteiger partial charge >= 0.3 is 4.61 Å². The van der Waals surface area contributed by atoms with Crippen molar-refractivity contribution in [1.29, 1.82) is 0 Å². The molecule has 2 rings (SSSR count). The Hall–Kier alpha value is -1.40. The molecule has 0 N–H and O–H groups in total. The largest absolute Gasteiger partial charge is 0.378 e. The van der Waals surface area contributed by atoms with Crippen LogP contribution in [0.25, 0.3) is 5.70 Å². The number of ether oxygens (including phenoxy) is 1. The molecule has 0 aromatic heterocycles. The Balaban J connectivity index is 2.41. The lowest BCUT2D eigenvalue weighted by Crippen LogP contribution is -2.35. The number of hydrogen-bond acceptors (Lipinski definition) is 4. The van der Waals surface area contributed by atoms with Crippen molar-refractivity contribution < 1.29 is 9.66 Å². The average Bonchev–Trinajstić information content (AvgIpc) is 2.41. The summed E-state index contributed by atoms with van der Waals surface area (Å²) in [6, 6.07) is 9.37. The van der Waals surface area contributed by atoms with Crippen molar-refractivity contribution in [2.45, 2.75) is 0 Å². The van der Waals surface area contributed by atoms with Gasteiger partial charge in [-0.15, -0.1) is 0 Å². The van der Waals surface area contributed by atoms with Crippen molar-refractivity contribution in [2.24, 2.45) is 0 Å². The highest BCUT2D eigenvalue weighted by atomic mass is 79.9. The third-order valence-corrected chi connectivity index (χ3v) is 3.40. The molecule has 1 fully saturated rings. The van der Waals surface area contributed by atoms with E-state index in [0.717, 1.165) is 5.56 Å². The zero-order valence-corrected chi connectivity index (χ0v) is 11.3. The molecule has 5 nitrogen and oxygen atoms in total. The summed E-state index contributed by atoms with van der Waals surface area (Å²) in [4.78, 5) is 12.6. The molecule has 18 heavy (non-hydrogen) atoms. The minimum absolute atomic E-state index is 0.00407. The fourth-order valence-corrected chi connectivity index (χ4v) is 2.38. The maximum atomic E-state index is 11.0. The second kappa shape index (κ2) is 5.97. The summed E-state index contributed by atoms with van der Waals surface area (Å²) < 4.78 is 5.27. The lowest BCUT2D eigenvalue weighted by atomic mass is 10.1. The number of rotatable bonds is 3. The van der Waals surface area contributed by atoms with E-state index in [2.05, 4.69) is 15.9 Å². The Kier molecular flexibility index (Phi) is 4.33. The van der Waals surface area contributed by atoms with Crippen molar-refractivity contribution in [2.75, 3.05) is 26.3 Å². The van der Waals surface area contributed by atoms with Gasteiger partial charge in [0.15, 0.2) is 0 Å². The third kappa shape index (κ3) is 2.88. The van der Waals surface area contributed by atoms with Crippen LogP contribution in [-0.2, 0) is 4.74 Å². The van der Waals surface area contributed by atoms with Gasteiger partial charge in [0.2, 0.25) is 0 Å². The predicted octanol–water partition coefficient (Wildman–Crippen LogP) is 2.32. The van der Waals surface area contributed by atoms with E-state index in [4.69, 9.17) is 4.74 Å². The van der Waals surface area contributed by atoms with Crippen LogP contribution in [0.3, 0.4) is 0 Å². The predicted molar refractivity (Wildman–Crippen MR) is 71.7 cm³/mol. The van der Waals surface area contributed by atoms with Gasteiger partial charge in [0.05, 0.1) is 18.1 Å².